The lowest BCUT2D eigenvalue weighted by molar-refractivity contribution is 0.161. The minimum atomic E-state index is -3.55. The van der Waals surface area contributed by atoms with Gasteiger partial charge in [0.25, 0.3) is 10.0 Å². The van der Waals surface area contributed by atoms with Crippen molar-refractivity contribution in [3.05, 3.63) is 23.9 Å². The molecule has 20 heavy (non-hydrogen) atoms. The Hall–Kier alpha value is -1.02. The molecule has 0 saturated heterocycles. The lowest BCUT2D eigenvalue weighted by atomic mass is 10.2. The Morgan fingerprint density at radius 3 is 2.70 bits per heavy atom. The third kappa shape index (κ3) is 5.54. The number of methoxy groups -OCH3 is 1. The summed E-state index contributed by atoms with van der Waals surface area (Å²) in [6.07, 6.45) is 1.58. The zero-order valence-electron chi connectivity index (χ0n) is 12.2. The van der Waals surface area contributed by atoms with Crippen LogP contribution in [0.2, 0.25) is 0 Å². The number of ether oxygens (including phenoxy) is 1. The summed E-state index contributed by atoms with van der Waals surface area (Å²) in [5, 5.41) is 3.20. The van der Waals surface area contributed by atoms with Gasteiger partial charge in [-0.3, -0.25) is 0 Å². The molecule has 114 valence electrons. The van der Waals surface area contributed by atoms with Crippen LogP contribution in [0.5, 0.6) is 0 Å². The minimum Gasteiger partial charge on any atom is -0.384 e. The van der Waals surface area contributed by atoms with E-state index in [0.717, 1.165) is 12.1 Å². The molecule has 1 rings (SSSR count). The molecule has 0 aliphatic heterocycles. The molecule has 1 atom stereocenters. The fraction of sp³-hybridized carbons (Fsp3) is 0.615. The van der Waals surface area contributed by atoms with Gasteiger partial charge in [-0.1, -0.05) is 19.9 Å². The van der Waals surface area contributed by atoms with Crippen molar-refractivity contribution in [3.8, 4) is 0 Å². The summed E-state index contributed by atoms with van der Waals surface area (Å²) in [7, 11) is -1.96. The van der Waals surface area contributed by atoms with E-state index in [1.807, 2.05) is 13.8 Å². The number of nitrogens with one attached hydrogen (secondary N) is 2. The Bertz CT molecular complexity index is 488. The highest BCUT2D eigenvalue weighted by atomic mass is 32.2. The molecule has 7 heteroatoms. The minimum absolute atomic E-state index is 0.0439. The Labute approximate surface area is 121 Å². The van der Waals surface area contributed by atoms with Crippen LogP contribution in [-0.2, 0) is 21.3 Å². The summed E-state index contributed by atoms with van der Waals surface area (Å²) in [4.78, 5) is 4.01. The Balaban J connectivity index is 2.63. The lowest BCUT2D eigenvalue weighted by Crippen LogP contribution is -2.30. The zero-order chi connectivity index (χ0) is 15.0. The maximum absolute atomic E-state index is 12.0. The molecule has 0 aromatic carbocycles. The van der Waals surface area contributed by atoms with Crippen LogP contribution in [0.25, 0.3) is 0 Å². The smallest absolute Gasteiger partial charge is 0.258 e. The molecular weight excluding hydrogens is 278 g/mol. The second-order valence-electron chi connectivity index (χ2n) is 4.70. The molecule has 1 unspecified atom stereocenters. The van der Waals surface area contributed by atoms with E-state index in [0.29, 0.717) is 19.7 Å². The molecule has 0 spiro atoms. The number of aromatic nitrogens is 1. The third-order valence-electron chi connectivity index (χ3n) is 2.73. The molecule has 0 aliphatic rings. The summed E-state index contributed by atoms with van der Waals surface area (Å²) in [6.45, 7) is 6.31. The largest absolute Gasteiger partial charge is 0.384 e. The number of sulfonamides is 1. The van der Waals surface area contributed by atoms with Crippen molar-refractivity contribution in [3.63, 3.8) is 0 Å². The second kappa shape index (κ2) is 8.31. The maximum atomic E-state index is 12.0. The Kier molecular flexibility index (Phi) is 7.08. The molecule has 0 aliphatic carbocycles. The van der Waals surface area contributed by atoms with Gasteiger partial charge in [0.05, 0.1) is 0 Å². The first-order chi connectivity index (χ1) is 9.49. The predicted molar refractivity (Wildman–Crippen MR) is 77.8 cm³/mol. The molecule has 1 aromatic rings. The summed E-state index contributed by atoms with van der Waals surface area (Å²) in [6, 6.07) is 3.29. The van der Waals surface area contributed by atoms with Crippen molar-refractivity contribution in [1.29, 1.82) is 0 Å². The monoisotopic (exact) mass is 301 g/mol. The van der Waals surface area contributed by atoms with E-state index in [9.17, 15) is 8.42 Å². The number of pyridine rings is 1. The van der Waals surface area contributed by atoms with E-state index in [2.05, 4.69) is 15.0 Å². The van der Waals surface area contributed by atoms with E-state index in [1.165, 1.54) is 6.07 Å². The van der Waals surface area contributed by atoms with Crippen molar-refractivity contribution >= 4 is 10.0 Å². The summed E-state index contributed by atoms with van der Waals surface area (Å²) >= 11 is 0. The van der Waals surface area contributed by atoms with E-state index < -0.39 is 10.0 Å². The molecular formula is C13H23N3O3S. The van der Waals surface area contributed by atoms with Gasteiger partial charge in [0.15, 0.2) is 5.03 Å². The van der Waals surface area contributed by atoms with Crippen LogP contribution >= 0.6 is 0 Å². The van der Waals surface area contributed by atoms with Gasteiger partial charge in [-0.25, -0.2) is 18.1 Å². The van der Waals surface area contributed by atoms with Gasteiger partial charge < -0.3 is 10.1 Å². The standard InChI is InChI=1S/C13H23N3O3S/c1-4-14-8-12-5-6-13(15-9-12)20(17,18)16-7-11(2)10-19-3/h5-6,9,11,14,16H,4,7-8,10H2,1-3H3. The van der Waals surface area contributed by atoms with Crippen LogP contribution in [0.4, 0.5) is 0 Å². The highest BCUT2D eigenvalue weighted by Crippen LogP contribution is 2.07. The van der Waals surface area contributed by atoms with Crippen molar-refractivity contribution in [2.24, 2.45) is 5.92 Å². The van der Waals surface area contributed by atoms with E-state index in [1.54, 1.807) is 19.4 Å². The molecule has 0 bridgehead atoms. The first-order valence-corrected chi connectivity index (χ1v) is 8.12. The topological polar surface area (TPSA) is 80.3 Å². The van der Waals surface area contributed by atoms with Crippen LogP contribution < -0.4 is 10.0 Å². The maximum Gasteiger partial charge on any atom is 0.258 e. The van der Waals surface area contributed by atoms with Crippen molar-refractivity contribution in [2.45, 2.75) is 25.4 Å². The Morgan fingerprint density at radius 1 is 1.40 bits per heavy atom. The first kappa shape index (κ1) is 17.0. The highest BCUT2D eigenvalue weighted by Gasteiger charge is 2.16. The van der Waals surface area contributed by atoms with Gasteiger partial charge in [-0.05, 0) is 24.1 Å². The van der Waals surface area contributed by atoms with Gasteiger partial charge in [0, 0.05) is 33.0 Å². The van der Waals surface area contributed by atoms with Gasteiger partial charge in [-0.2, -0.15) is 0 Å². The molecule has 6 nitrogen and oxygen atoms in total. The van der Waals surface area contributed by atoms with E-state index >= 15 is 0 Å². The van der Waals surface area contributed by atoms with Gasteiger partial charge in [-0.15, -0.1) is 0 Å². The molecule has 0 saturated carbocycles. The summed E-state index contributed by atoms with van der Waals surface area (Å²) < 4.78 is 31.6. The Morgan fingerprint density at radius 2 is 2.15 bits per heavy atom. The first-order valence-electron chi connectivity index (χ1n) is 6.63. The van der Waals surface area contributed by atoms with Crippen molar-refractivity contribution < 1.29 is 13.2 Å². The molecule has 0 amide bonds. The van der Waals surface area contributed by atoms with Crippen LogP contribution in [0, 0.1) is 5.92 Å². The molecule has 2 N–H and O–H groups in total. The number of nitrogens with zero attached hydrogens (tertiary/aromatic N) is 1. The summed E-state index contributed by atoms with van der Waals surface area (Å²) in [5.41, 5.74) is 0.957. The quantitative estimate of drug-likeness (QED) is 0.703. The third-order valence-corrected chi connectivity index (χ3v) is 4.06. The van der Waals surface area contributed by atoms with Crippen molar-refractivity contribution in [2.75, 3.05) is 26.8 Å². The number of hydrogen-bond acceptors (Lipinski definition) is 5. The molecule has 0 radical (unpaired) electrons. The predicted octanol–water partition coefficient (Wildman–Crippen LogP) is 0.752. The van der Waals surface area contributed by atoms with Gasteiger partial charge in [0.2, 0.25) is 0 Å². The normalized spacial score (nSPS) is 13.3. The number of rotatable bonds is 9. The van der Waals surface area contributed by atoms with Crippen molar-refractivity contribution in [1.82, 2.24) is 15.0 Å². The lowest BCUT2D eigenvalue weighted by Gasteiger charge is -2.11. The fourth-order valence-corrected chi connectivity index (χ4v) is 2.70. The second-order valence-corrected chi connectivity index (χ2v) is 6.41. The van der Waals surface area contributed by atoms with Gasteiger partial charge in [0.1, 0.15) is 0 Å². The van der Waals surface area contributed by atoms with Gasteiger partial charge >= 0.3 is 0 Å². The van der Waals surface area contributed by atoms with E-state index in [4.69, 9.17) is 4.74 Å². The zero-order valence-corrected chi connectivity index (χ0v) is 13.0. The van der Waals surface area contributed by atoms with Crippen LogP contribution in [0.1, 0.15) is 19.4 Å². The summed E-state index contributed by atoms with van der Waals surface area (Å²) in [5.74, 6) is 0.114. The average Bonchev–Trinajstić information content (AvgIpc) is 2.44. The molecule has 1 aromatic heterocycles. The fourth-order valence-electron chi connectivity index (χ4n) is 1.61. The van der Waals surface area contributed by atoms with Crippen LogP contribution in [-0.4, -0.2) is 40.2 Å². The number of hydrogen-bond donors (Lipinski definition) is 2. The van der Waals surface area contributed by atoms with E-state index in [-0.39, 0.29) is 10.9 Å². The molecule has 1 heterocycles. The molecule has 0 fully saturated rings. The van der Waals surface area contributed by atoms with Crippen LogP contribution in [0.15, 0.2) is 23.4 Å². The van der Waals surface area contributed by atoms with Crippen LogP contribution in [0.3, 0.4) is 0 Å². The average molecular weight is 301 g/mol. The SMILES string of the molecule is CCNCc1ccc(S(=O)(=O)NCC(C)COC)nc1. The highest BCUT2D eigenvalue weighted by molar-refractivity contribution is 7.89.